The van der Waals surface area contributed by atoms with Crippen molar-refractivity contribution in [3.63, 3.8) is 0 Å². The summed E-state index contributed by atoms with van der Waals surface area (Å²) in [5, 5.41) is 10.5. The fourth-order valence-electron chi connectivity index (χ4n) is 3.83. The quantitative estimate of drug-likeness (QED) is 0.801. The minimum atomic E-state index is -2.66. The summed E-state index contributed by atoms with van der Waals surface area (Å²) in [4.78, 5) is 18.0. The van der Waals surface area contributed by atoms with Gasteiger partial charge >= 0.3 is 5.97 Å². The Bertz CT molecular complexity index is 893. The number of hydrogen-bond acceptors (Lipinski definition) is 4. The topological polar surface area (TPSA) is 53.3 Å². The number of hydrogen-bond donors (Lipinski definition) is 0. The van der Waals surface area contributed by atoms with E-state index < -0.39 is 23.3 Å². The van der Waals surface area contributed by atoms with Crippen molar-refractivity contribution in [3.05, 3.63) is 71.3 Å². The smallest absolute Gasteiger partial charge is 0.357 e. The largest absolute Gasteiger partial charge is 0.363 e. The third-order valence-electron chi connectivity index (χ3n) is 5.59. The van der Waals surface area contributed by atoms with Crippen LogP contribution in [-0.4, -0.2) is 23.5 Å². The molecule has 0 amide bonds. The molecule has 1 saturated heterocycles. The molecule has 0 bridgehead atoms. The Labute approximate surface area is 155 Å². The van der Waals surface area contributed by atoms with Gasteiger partial charge in [-0.1, -0.05) is 30.3 Å². The molecule has 1 saturated carbocycles. The molecular formula is C21H18F2N2O2. The van der Waals surface area contributed by atoms with Gasteiger partial charge in [-0.05, 0) is 42.7 Å². The third kappa shape index (κ3) is 3.19. The molecule has 2 fully saturated rings. The number of rotatable bonds is 3. The Kier molecular flexibility index (Phi) is 4.20. The molecule has 2 unspecified atom stereocenters. The summed E-state index contributed by atoms with van der Waals surface area (Å²) in [6.07, 6.45) is 0.385. The highest BCUT2D eigenvalue weighted by Gasteiger charge is 2.72. The molecule has 1 spiro atoms. The lowest BCUT2D eigenvalue weighted by atomic mass is 9.85. The summed E-state index contributed by atoms with van der Waals surface area (Å²) in [5.41, 5.74) is 0.653. The second kappa shape index (κ2) is 6.43. The van der Waals surface area contributed by atoms with Crippen molar-refractivity contribution in [1.29, 1.82) is 5.26 Å². The van der Waals surface area contributed by atoms with E-state index in [2.05, 4.69) is 0 Å². The molecule has 2 aliphatic rings. The summed E-state index contributed by atoms with van der Waals surface area (Å²) in [7, 11) is 0. The molecule has 6 heteroatoms. The highest BCUT2D eigenvalue weighted by atomic mass is 19.3. The van der Waals surface area contributed by atoms with E-state index in [1.165, 1.54) is 5.06 Å². The van der Waals surface area contributed by atoms with Crippen molar-refractivity contribution < 1.29 is 18.4 Å². The molecule has 27 heavy (non-hydrogen) atoms. The fourth-order valence-corrected chi connectivity index (χ4v) is 3.83. The van der Waals surface area contributed by atoms with Gasteiger partial charge in [0, 0.05) is 18.4 Å². The lowest BCUT2D eigenvalue weighted by Gasteiger charge is -2.38. The second-order valence-corrected chi connectivity index (χ2v) is 7.25. The van der Waals surface area contributed by atoms with Gasteiger partial charge in [0.1, 0.15) is 0 Å². The van der Waals surface area contributed by atoms with Crippen LogP contribution in [-0.2, 0) is 4.84 Å². The van der Waals surface area contributed by atoms with Crippen molar-refractivity contribution in [2.45, 2.75) is 31.2 Å². The molecule has 0 radical (unpaired) electrons. The number of halogens is 2. The van der Waals surface area contributed by atoms with E-state index in [0.29, 0.717) is 11.1 Å². The van der Waals surface area contributed by atoms with Crippen LogP contribution in [0.15, 0.2) is 54.6 Å². The maximum Gasteiger partial charge on any atom is 0.357 e. The van der Waals surface area contributed by atoms with Crippen molar-refractivity contribution in [3.8, 4) is 6.07 Å². The Morgan fingerprint density at radius 1 is 1.15 bits per heavy atom. The van der Waals surface area contributed by atoms with Gasteiger partial charge in [0.15, 0.2) is 0 Å². The highest BCUT2D eigenvalue weighted by molar-refractivity contribution is 5.89. The Balaban J connectivity index is 1.59. The number of alkyl halides is 2. The second-order valence-electron chi connectivity index (χ2n) is 7.25. The van der Waals surface area contributed by atoms with Gasteiger partial charge < -0.3 is 4.84 Å². The van der Waals surface area contributed by atoms with Crippen molar-refractivity contribution in [2.75, 3.05) is 6.54 Å². The Hall–Kier alpha value is -2.78. The molecule has 2 aromatic rings. The molecule has 1 aliphatic carbocycles. The molecule has 2 atom stereocenters. The lowest BCUT2D eigenvalue weighted by molar-refractivity contribution is -0.169. The van der Waals surface area contributed by atoms with Crippen LogP contribution in [0.25, 0.3) is 0 Å². The normalized spacial score (nSPS) is 26.3. The van der Waals surface area contributed by atoms with Crippen molar-refractivity contribution in [1.82, 2.24) is 5.06 Å². The van der Waals surface area contributed by atoms with Gasteiger partial charge in [0.25, 0.3) is 5.92 Å². The zero-order valence-electron chi connectivity index (χ0n) is 14.6. The fraction of sp³-hybridized carbons (Fsp3) is 0.333. The molecule has 0 aromatic heterocycles. The average Bonchev–Trinajstić information content (AvgIpc) is 3.23. The van der Waals surface area contributed by atoms with E-state index >= 15 is 0 Å². The van der Waals surface area contributed by atoms with Gasteiger partial charge in [-0.2, -0.15) is 5.26 Å². The predicted octanol–water partition coefficient (Wildman–Crippen LogP) is 4.49. The average molecular weight is 368 g/mol. The predicted molar refractivity (Wildman–Crippen MR) is 93.7 cm³/mol. The van der Waals surface area contributed by atoms with Gasteiger partial charge in [0.2, 0.25) is 0 Å². The summed E-state index contributed by atoms with van der Waals surface area (Å²) < 4.78 is 27.9. The Morgan fingerprint density at radius 2 is 1.81 bits per heavy atom. The monoisotopic (exact) mass is 368 g/mol. The molecule has 1 aliphatic heterocycles. The number of hydroxylamine groups is 2. The summed E-state index contributed by atoms with van der Waals surface area (Å²) in [6.45, 7) is 0.249. The number of nitriles is 1. The standard InChI is InChI=1S/C21H18F2N2O2/c22-21(23)14-20(21)10-11-25(27-19(26)17-4-2-1-3-5-17)18(12-20)16-8-6-15(13-24)7-9-16/h1-9,18H,10-12,14H2. The van der Waals surface area contributed by atoms with E-state index in [4.69, 9.17) is 10.1 Å². The van der Waals surface area contributed by atoms with Crippen LogP contribution >= 0.6 is 0 Å². The maximum atomic E-state index is 14.0. The van der Waals surface area contributed by atoms with Crippen molar-refractivity contribution >= 4 is 5.97 Å². The van der Waals surface area contributed by atoms with Crippen molar-refractivity contribution in [2.24, 2.45) is 5.41 Å². The first-order valence-electron chi connectivity index (χ1n) is 8.86. The molecule has 0 N–H and O–H groups in total. The maximum absolute atomic E-state index is 14.0. The molecule has 4 nitrogen and oxygen atoms in total. The molecule has 4 rings (SSSR count). The summed E-state index contributed by atoms with van der Waals surface area (Å²) in [6, 6.07) is 17.0. The van der Waals surface area contributed by atoms with Crippen LogP contribution in [0, 0.1) is 16.7 Å². The molecule has 138 valence electrons. The van der Waals surface area contributed by atoms with E-state index in [1.54, 1.807) is 54.6 Å². The van der Waals surface area contributed by atoms with Crippen LogP contribution < -0.4 is 0 Å². The van der Waals surface area contributed by atoms with Gasteiger partial charge in [-0.15, -0.1) is 5.06 Å². The van der Waals surface area contributed by atoms with Gasteiger partial charge in [-0.3, -0.25) is 0 Å². The van der Waals surface area contributed by atoms with E-state index in [1.807, 2.05) is 6.07 Å². The first-order chi connectivity index (χ1) is 12.9. The number of carbonyl (C=O) groups is 1. The third-order valence-corrected chi connectivity index (χ3v) is 5.59. The number of piperidine rings is 1. The summed E-state index contributed by atoms with van der Waals surface area (Å²) in [5.74, 6) is -3.17. The lowest BCUT2D eigenvalue weighted by Crippen LogP contribution is -2.40. The molecule has 1 heterocycles. The zero-order chi connectivity index (χ0) is 19.1. The first kappa shape index (κ1) is 17.6. The zero-order valence-corrected chi connectivity index (χ0v) is 14.6. The van der Waals surface area contributed by atoms with Crippen LogP contribution in [0.1, 0.15) is 46.8 Å². The first-order valence-corrected chi connectivity index (χ1v) is 8.86. The number of benzene rings is 2. The van der Waals surface area contributed by atoms with E-state index in [0.717, 1.165) is 5.56 Å². The van der Waals surface area contributed by atoms with Gasteiger partial charge in [-0.25, -0.2) is 13.6 Å². The van der Waals surface area contributed by atoms with E-state index in [9.17, 15) is 13.6 Å². The SMILES string of the molecule is N#Cc1ccc(C2CC3(CCN2OC(=O)c2ccccc2)CC3(F)F)cc1. The number of nitrogens with zero attached hydrogens (tertiary/aromatic N) is 2. The number of carbonyl (C=O) groups excluding carboxylic acids is 1. The van der Waals surface area contributed by atoms with Crippen LogP contribution in [0.5, 0.6) is 0 Å². The van der Waals surface area contributed by atoms with Crippen LogP contribution in [0.4, 0.5) is 8.78 Å². The Morgan fingerprint density at radius 3 is 2.41 bits per heavy atom. The van der Waals surface area contributed by atoms with E-state index in [-0.39, 0.29) is 25.8 Å². The molecular weight excluding hydrogens is 350 g/mol. The van der Waals surface area contributed by atoms with Gasteiger partial charge in [0.05, 0.1) is 23.2 Å². The van der Waals surface area contributed by atoms with Crippen LogP contribution in [0.3, 0.4) is 0 Å². The minimum Gasteiger partial charge on any atom is -0.363 e. The summed E-state index contributed by atoms with van der Waals surface area (Å²) >= 11 is 0. The van der Waals surface area contributed by atoms with Crippen LogP contribution in [0.2, 0.25) is 0 Å². The minimum absolute atomic E-state index is 0.118. The molecule has 2 aromatic carbocycles. The highest BCUT2D eigenvalue weighted by Crippen LogP contribution is 2.68.